The van der Waals surface area contributed by atoms with Crippen molar-refractivity contribution >= 4 is 21.6 Å². The summed E-state index contributed by atoms with van der Waals surface area (Å²) in [5.41, 5.74) is 2.02. The summed E-state index contributed by atoms with van der Waals surface area (Å²) in [5.74, 6) is 0.419. The summed E-state index contributed by atoms with van der Waals surface area (Å²) in [6.07, 6.45) is 1.67. The molecule has 2 heterocycles. The SMILES string of the molecule is CCNCC(C)Cn1cnc2c(C)csc2c1=O. The smallest absolute Gasteiger partial charge is 0.271 e. The van der Waals surface area contributed by atoms with E-state index in [4.69, 9.17) is 0 Å². The van der Waals surface area contributed by atoms with Crippen LogP contribution in [0.15, 0.2) is 16.5 Å². The zero-order chi connectivity index (χ0) is 13.1. The Hall–Kier alpha value is -1.20. The Morgan fingerprint density at radius 2 is 2.33 bits per heavy atom. The molecule has 18 heavy (non-hydrogen) atoms. The van der Waals surface area contributed by atoms with Crippen molar-refractivity contribution in [3.8, 4) is 0 Å². The van der Waals surface area contributed by atoms with Gasteiger partial charge in [-0.3, -0.25) is 9.36 Å². The average molecular weight is 265 g/mol. The molecule has 4 nitrogen and oxygen atoms in total. The molecule has 0 amide bonds. The van der Waals surface area contributed by atoms with E-state index in [-0.39, 0.29) is 5.56 Å². The normalized spacial score (nSPS) is 13.1. The maximum absolute atomic E-state index is 12.3. The molecule has 2 rings (SSSR count). The minimum atomic E-state index is 0.0847. The van der Waals surface area contributed by atoms with Crippen molar-refractivity contribution < 1.29 is 0 Å². The van der Waals surface area contributed by atoms with Crippen LogP contribution in [0, 0.1) is 12.8 Å². The maximum atomic E-state index is 12.3. The Kier molecular flexibility index (Phi) is 4.14. The van der Waals surface area contributed by atoms with E-state index >= 15 is 0 Å². The number of hydrogen-bond donors (Lipinski definition) is 1. The Morgan fingerprint density at radius 1 is 1.56 bits per heavy atom. The minimum Gasteiger partial charge on any atom is -0.317 e. The van der Waals surface area contributed by atoms with Crippen LogP contribution in [0.1, 0.15) is 19.4 Å². The summed E-state index contributed by atoms with van der Waals surface area (Å²) in [6.45, 7) is 8.81. The molecule has 0 aliphatic carbocycles. The second-order valence-electron chi connectivity index (χ2n) is 4.71. The molecule has 1 unspecified atom stereocenters. The lowest BCUT2D eigenvalue weighted by molar-refractivity contribution is 0.443. The molecule has 0 bridgehead atoms. The number of nitrogens with zero attached hydrogens (tertiary/aromatic N) is 2. The van der Waals surface area contributed by atoms with Gasteiger partial charge >= 0.3 is 0 Å². The summed E-state index contributed by atoms with van der Waals surface area (Å²) in [5, 5.41) is 5.29. The van der Waals surface area contributed by atoms with Gasteiger partial charge in [-0.05, 0) is 36.9 Å². The maximum Gasteiger partial charge on any atom is 0.271 e. The van der Waals surface area contributed by atoms with Gasteiger partial charge in [0.15, 0.2) is 0 Å². The molecule has 98 valence electrons. The van der Waals surface area contributed by atoms with E-state index in [2.05, 4.69) is 24.1 Å². The van der Waals surface area contributed by atoms with E-state index in [0.717, 1.165) is 28.9 Å². The molecule has 0 saturated carbocycles. The van der Waals surface area contributed by atoms with E-state index in [1.165, 1.54) is 11.3 Å². The Labute approximate surface area is 111 Å². The Morgan fingerprint density at radius 3 is 3.06 bits per heavy atom. The van der Waals surface area contributed by atoms with Crippen LogP contribution in [0.2, 0.25) is 0 Å². The molecule has 5 heteroatoms. The average Bonchev–Trinajstić information content (AvgIpc) is 2.73. The van der Waals surface area contributed by atoms with E-state index in [9.17, 15) is 4.79 Å². The molecule has 0 aromatic carbocycles. The largest absolute Gasteiger partial charge is 0.317 e. The van der Waals surface area contributed by atoms with Crippen molar-refractivity contribution in [2.24, 2.45) is 5.92 Å². The highest BCUT2D eigenvalue weighted by atomic mass is 32.1. The Bertz CT molecular complexity index is 587. The number of hydrogen-bond acceptors (Lipinski definition) is 4. The monoisotopic (exact) mass is 265 g/mol. The third-order valence-electron chi connectivity index (χ3n) is 2.97. The topological polar surface area (TPSA) is 46.9 Å². The molecular formula is C13H19N3OS. The first-order valence-corrected chi connectivity index (χ1v) is 7.15. The van der Waals surface area contributed by atoms with Crippen LogP contribution in [-0.2, 0) is 6.54 Å². The molecule has 1 N–H and O–H groups in total. The number of fused-ring (bicyclic) bond motifs is 1. The van der Waals surface area contributed by atoms with Crippen molar-refractivity contribution in [1.82, 2.24) is 14.9 Å². The zero-order valence-corrected chi connectivity index (χ0v) is 11.9. The first-order valence-electron chi connectivity index (χ1n) is 6.27. The van der Waals surface area contributed by atoms with Crippen LogP contribution in [0.25, 0.3) is 10.2 Å². The predicted octanol–water partition coefficient (Wildman–Crippen LogP) is 2.01. The van der Waals surface area contributed by atoms with E-state index < -0.39 is 0 Å². The number of nitrogens with one attached hydrogen (secondary N) is 1. The van der Waals surface area contributed by atoms with Crippen LogP contribution in [-0.4, -0.2) is 22.6 Å². The Balaban J connectivity index is 2.24. The second-order valence-corrected chi connectivity index (χ2v) is 5.59. The van der Waals surface area contributed by atoms with Gasteiger partial charge in [0.05, 0.1) is 11.8 Å². The van der Waals surface area contributed by atoms with Gasteiger partial charge in [0.25, 0.3) is 5.56 Å². The molecule has 0 spiro atoms. The highest BCUT2D eigenvalue weighted by molar-refractivity contribution is 7.17. The van der Waals surface area contributed by atoms with Crippen molar-refractivity contribution in [1.29, 1.82) is 0 Å². The summed E-state index contributed by atoms with van der Waals surface area (Å²) in [4.78, 5) is 16.7. The van der Waals surface area contributed by atoms with Crippen molar-refractivity contribution in [3.63, 3.8) is 0 Å². The van der Waals surface area contributed by atoms with Crippen LogP contribution in [0.4, 0.5) is 0 Å². The number of aryl methyl sites for hydroxylation is 1. The summed E-state index contributed by atoms with van der Waals surface area (Å²) < 4.78 is 2.49. The molecule has 0 saturated heterocycles. The quantitative estimate of drug-likeness (QED) is 0.899. The van der Waals surface area contributed by atoms with Crippen molar-refractivity contribution in [2.75, 3.05) is 13.1 Å². The molecule has 2 aromatic rings. The standard InChI is InChI=1S/C13H19N3OS/c1-4-14-5-9(2)6-16-8-15-11-10(3)7-18-12(11)13(16)17/h7-9,14H,4-6H2,1-3H3. The molecule has 0 aliphatic rings. The van der Waals surface area contributed by atoms with E-state index in [1.807, 2.05) is 12.3 Å². The highest BCUT2D eigenvalue weighted by Crippen LogP contribution is 2.19. The van der Waals surface area contributed by atoms with E-state index in [0.29, 0.717) is 12.5 Å². The number of thiophene rings is 1. The fraction of sp³-hybridized carbons (Fsp3) is 0.538. The van der Waals surface area contributed by atoms with Crippen LogP contribution in [0.5, 0.6) is 0 Å². The zero-order valence-electron chi connectivity index (χ0n) is 11.1. The van der Waals surface area contributed by atoms with Gasteiger partial charge < -0.3 is 5.32 Å². The third-order valence-corrected chi connectivity index (χ3v) is 4.05. The number of aromatic nitrogens is 2. The van der Waals surface area contributed by atoms with Crippen molar-refractivity contribution in [3.05, 3.63) is 27.6 Å². The first kappa shape index (κ1) is 13.2. The lowest BCUT2D eigenvalue weighted by Crippen LogP contribution is -2.28. The molecule has 1 atom stereocenters. The molecule has 2 aromatic heterocycles. The minimum absolute atomic E-state index is 0.0847. The molecular weight excluding hydrogens is 246 g/mol. The lowest BCUT2D eigenvalue weighted by Gasteiger charge is -2.13. The summed E-state index contributed by atoms with van der Waals surface area (Å²) in [6, 6.07) is 0. The van der Waals surface area contributed by atoms with Gasteiger partial charge in [0.1, 0.15) is 4.70 Å². The molecule has 0 aliphatic heterocycles. The van der Waals surface area contributed by atoms with Gasteiger partial charge in [-0.15, -0.1) is 11.3 Å². The van der Waals surface area contributed by atoms with Gasteiger partial charge in [-0.2, -0.15) is 0 Å². The highest BCUT2D eigenvalue weighted by Gasteiger charge is 2.10. The van der Waals surface area contributed by atoms with Crippen LogP contribution >= 0.6 is 11.3 Å². The first-order chi connectivity index (χ1) is 8.63. The van der Waals surface area contributed by atoms with Gasteiger partial charge in [0, 0.05) is 6.54 Å². The third kappa shape index (κ3) is 2.62. The van der Waals surface area contributed by atoms with Gasteiger partial charge in [-0.25, -0.2) is 4.98 Å². The lowest BCUT2D eigenvalue weighted by atomic mass is 10.2. The van der Waals surface area contributed by atoms with Crippen LogP contribution in [0.3, 0.4) is 0 Å². The fourth-order valence-corrected chi connectivity index (χ4v) is 2.93. The van der Waals surface area contributed by atoms with E-state index in [1.54, 1.807) is 10.9 Å². The summed E-state index contributed by atoms with van der Waals surface area (Å²) >= 11 is 1.49. The predicted molar refractivity (Wildman–Crippen MR) is 76.3 cm³/mol. The molecule has 0 fully saturated rings. The molecule has 0 radical (unpaired) electrons. The van der Waals surface area contributed by atoms with Gasteiger partial charge in [0.2, 0.25) is 0 Å². The summed E-state index contributed by atoms with van der Waals surface area (Å²) in [7, 11) is 0. The fourth-order valence-electron chi connectivity index (χ4n) is 1.98. The van der Waals surface area contributed by atoms with Crippen LogP contribution < -0.4 is 10.9 Å². The van der Waals surface area contributed by atoms with Crippen molar-refractivity contribution in [2.45, 2.75) is 27.3 Å². The van der Waals surface area contributed by atoms with Gasteiger partial charge in [-0.1, -0.05) is 13.8 Å². The number of rotatable bonds is 5. The second kappa shape index (κ2) is 5.63.